The van der Waals surface area contributed by atoms with Crippen LogP contribution in [-0.2, 0) is 19.0 Å². The highest BCUT2D eigenvalue weighted by Crippen LogP contribution is 2.71. The zero-order valence-corrected chi connectivity index (χ0v) is 14.0. The molecule has 2 aliphatic carbocycles. The quantitative estimate of drug-likeness (QED) is 0.446. The lowest BCUT2D eigenvalue weighted by molar-refractivity contribution is -0.293. The molecule has 2 atom stereocenters. The number of Topliss-reactive ketones (excluding diaryl/α,β-unsaturated/α-hetero) is 1. The molecule has 4 nitrogen and oxygen atoms in total. The van der Waals surface area contributed by atoms with Crippen LogP contribution >= 0.6 is 0 Å². The first-order valence-electron chi connectivity index (χ1n) is 7.98. The van der Waals surface area contributed by atoms with Gasteiger partial charge in [-0.25, -0.2) is 0 Å². The third-order valence-corrected chi connectivity index (χ3v) is 6.63. The van der Waals surface area contributed by atoms with E-state index < -0.39 is 16.6 Å². The maximum absolute atomic E-state index is 13.0. The van der Waals surface area contributed by atoms with Crippen LogP contribution in [0.2, 0.25) is 0 Å². The first-order chi connectivity index (χ1) is 10.3. The molecule has 22 heavy (non-hydrogen) atoms. The third-order valence-electron chi connectivity index (χ3n) is 6.63. The predicted octanol–water partition coefficient (Wildman–Crippen LogP) is 3.23. The number of fused-ring (bicyclic) bond motifs is 1. The highest BCUT2D eigenvalue weighted by atomic mass is 16.7. The normalized spacial score (nSPS) is 40.9. The number of methoxy groups -OCH3 is 1. The Morgan fingerprint density at radius 3 is 2.36 bits per heavy atom. The Hall–Kier alpha value is -1.13. The van der Waals surface area contributed by atoms with E-state index in [1.807, 2.05) is 6.08 Å². The zero-order chi connectivity index (χ0) is 16.2. The molecule has 0 aromatic heterocycles. The van der Waals surface area contributed by atoms with Crippen molar-refractivity contribution in [2.45, 2.75) is 45.8 Å². The average Bonchev–Trinajstić information content (AvgIpc) is 3.04. The lowest BCUT2D eigenvalue weighted by Gasteiger charge is -2.61. The van der Waals surface area contributed by atoms with E-state index in [1.165, 1.54) is 0 Å². The number of rotatable bonds is 2. The number of carbonyl (C=O) groups is 1. The van der Waals surface area contributed by atoms with Gasteiger partial charge >= 0.3 is 0 Å². The highest BCUT2D eigenvalue weighted by Gasteiger charge is 2.73. The van der Waals surface area contributed by atoms with Gasteiger partial charge in [0.1, 0.15) is 0 Å². The Balaban J connectivity index is 2.17. The summed E-state index contributed by atoms with van der Waals surface area (Å²) >= 11 is 0. The van der Waals surface area contributed by atoms with Crippen LogP contribution in [0.1, 0.15) is 40.0 Å². The van der Waals surface area contributed by atoms with Crippen LogP contribution in [-0.4, -0.2) is 31.9 Å². The van der Waals surface area contributed by atoms with Gasteiger partial charge in [0.25, 0.3) is 0 Å². The molecule has 0 bridgehead atoms. The Bertz CT molecular complexity index is 541. The minimum absolute atomic E-state index is 0.176. The van der Waals surface area contributed by atoms with Gasteiger partial charge in [0, 0.05) is 28.2 Å². The van der Waals surface area contributed by atoms with Gasteiger partial charge in [-0.3, -0.25) is 4.79 Å². The second-order valence-electron chi connectivity index (χ2n) is 7.47. The van der Waals surface area contributed by atoms with Crippen LogP contribution in [0.4, 0.5) is 0 Å². The lowest BCUT2D eigenvalue weighted by atomic mass is 9.45. The van der Waals surface area contributed by atoms with Crippen molar-refractivity contribution in [3.05, 3.63) is 24.5 Å². The Kier molecular flexibility index (Phi) is 3.35. The number of hydrogen-bond donors (Lipinski definition) is 0. The number of hydrogen-bond acceptors (Lipinski definition) is 4. The fourth-order valence-corrected chi connectivity index (χ4v) is 5.20. The third kappa shape index (κ3) is 1.52. The molecule has 0 amide bonds. The van der Waals surface area contributed by atoms with Crippen LogP contribution in [0.3, 0.4) is 0 Å². The molecule has 0 aromatic rings. The molecule has 3 fully saturated rings. The fourth-order valence-electron chi connectivity index (χ4n) is 5.20. The van der Waals surface area contributed by atoms with Crippen LogP contribution in [0.15, 0.2) is 24.5 Å². The van der Waals surface area contributed by atoms with Crippen molar-refractivity contribution in [3.63, 3.8) is 0 Å². The van der Waals surface area contributed by atoms with Gasteiger partial charge in [0.15, 0.2) is 11.6 Å². The summed E-state index contributed by atoms with van der Waals surface area (Å²) in [5.41, 5.74) is -0.495. The van der Waals surface area contributed by atoms with E-state index in [4.69, 9.17) is 14.2 Å². The molecule has 0 N–H and O–H groups in total. The molecule has 1 saturated heterocycles. The number of allylic oxidation sites excluding steroid dienone is 2. The van der Waals surface area contributed by atoms with E-state index >= 15 is 0 Å². The summed E-state index contributed by atoms with van der Waals surface area (Å²) in [5, 5.41) is 0. The summed E-state index contributed by atoms with van der Waals surface area (Å²) in [6.07, 6.45) is 5.66. The van der Waals surface area contributed by atoms with E-state index in [-0.39, 0.29) is 11.2 Å². The van der Waals surface area contributed by atoms with Gasteiger partial charge in [-0.1, -0.05) is 26.8 Å². The molecule has 3 rings (SSSR count). The second-order valence-corrected chi connectivity index (χ2v) is 7.47. The molecule has 2 saturated carbocycles. The topological polar surface area (TPSA) is 44.8 Å². The smallest absolute Gasteiger partial charge is 0.174 e. The minimum atomic E-state index is -0.622. The van der Waals surface area contributed by atoms with Gasteiger partial charge in [-0.05, 0) is 12.8 Å². The average molecular weight is 306 g/mol. The van der Waals surface area contributed by atoms with E-state index in [0.717, 1.165) is 18.4 Å². The molecule has 0 aromatic carbocycles. The Morgan fingerprint density at radius 1 is 1.18 bits per heavy atom. The maximum atomic E-state index is 13.0. The van der Waals surface area contributed by atoms with Gasteiger partial charge in [-0.15, -0.1) is 6.58 Å². The van der Waals surface area contributed by atoms with Crippen molar-refractivity contribution in [3.8, 4) is 0 Å². The summed E-state index contributed by atoms with van der Waals surface area (Å²) < 4.78 is 17.3. The van der Waals surface area contributed by atoms with Gasteiger partial charge in [0.05, 0.1) is 26.6 Å². The molecule has 2 unspecified atom stereocenters. The molecule has 1 heterocycles. The van der Waals surface area contributed by atoms with Crippen molar-refractivity contribution < 1.29 is 19.0 Å². The van der Waals surface area contributed by atoms with Crippen molar-refractivity contribution in [2.24, 2.45) is 16.2 Å². The Morgan fingerprint density at radius 2 is 1.82 bits per heavy atom. The summed E-state index contributed by atoms with van der Waals surface area (Å²) in [7, 11) is 1.58. The molecule has 1 aliphatic heterocycles. The van der Waals surface area contributed by atoms with Crippen molar-refractivity contribution in [1.29, 1.82) is 0 Å². The monoisotopic (exact) mass is 306 g/mol. The molecule has 4 heteroatoms. The highest BCUT2D eigenvalue weighted by molar-refractivity contribution is 6.03. The fraction of sp³-hybridized carbons (Fsp3) is 0.722. The molecule has 122 valence electrons. The number of ether oxygens (including phenoxy) is 3. The van der Waals surface area contributed by atoms with E-state index in [9.17, 15) is 4.79 Å². The number of carbonyl (C=O) groups excluding carboxylic acids is 1. The van der Waals surface area contributed by atoms with Gasteiger partial charge in [-0.2, -0.15) is 0 Å². The summed E-state index contributed by atoms with van der Waals surface area (Å²) in [6.45, 7) is 11.7. The molecule has 1 spiro atoms. The summed E-state index contributed by atoms with van der Waals surface area (Å²) in [4.78, 5) is 13.0. The predicted molar refractivity (Wildman–Crippen MR) is 83.1 cm³/mol. The molecular formula is C18H26O4. The van der Waals surface area contributed by atoms with E-state index in [0.29, 0.717) is 19.6 Å². The van der Waals surface area contributed by atoms with Crippen LogP contribution in [0, 0.1) is 16.2 Å². The van der Waals surface area contributed by atoms with Crippen LogP contribution < -0.4 is 0 Å². The molecular weight excluding hydrogens is 280 g/mol. The van der Waals surface area contributed by atoms with E-state index in [1.54, 1.807) is 13.4 Å². The largest absolute Gasteiger partial charge is 0.504 e. The maximum Gasteiger partial charge on any atom is 0.174 e. The first-order valence-corrected chi connectivity index (χ1v) is 7.98. The van der Waals surface area contributed by atoms with Gasteiger partial charge < -0.3 is 14.2 Å². The van der Waals surface area contributed by atoms with Crippen LogP contribution in [0.5, 0.6) is 0 Å². The SMILES string of the molecule is C=CC12CC(=COC)C(=O)C1(C)CCC1(OCCO1)C2(C)C. The first kappa shape index (κ1) is 15.8. The minimum Gasteiger partial charge on any atom is -0.504 e. The second kappa shape index (κ2) is 4.68. The van der Waals surface area contributed by atoms with Crippen molar-refractivity contribution in [1.82, 2.24) is 0 Å². The number of ketones is 1. The van der Waals surface area contributed by atoms with Crippen molar-refractivity contribution >= 4 is 5.78 Å². The summed E-state index contributed by atoms with van der Waals surface area (Å²) in [5.74, 6) is -0.445. The van der Waals surface area contributed by atoms with Gasteiger partial charge in [0.2, 0.25) is 0 Å². The van der Waals surface area contributed by atoms with Crippen molar-refractivity contribution in [2.75, 3.05) is 20.3 Å². The molecule has 3 aliphatic rings. The lowest BCUT2D eigenvalue weighted by Crippen LogP contribution is -2.63. The zero-order valence-electron chi connectivity index (χ0n) is 14.0. The standard InChI is InChI=1S/C18H26O4/c1-6-17-11-13(12-20-5)14(19)16(17,4)7-8-18(15(17,2)3)21-9-10-22-18/h6,12H,1,7-11H2,2-5H3. The van der Waals surface area contributed by atoms with E-state index in [2.05, 4.69) is 27.4 Å². The summed E-state index contributed by atoms with van der Waals surface area (Å²) in [6, 6.07) is 0. The van der Waals surface area contributed by atoms with Crippen LogP contribution in [0.25, 0.3) is 0 Å². The molecule has 0 radical (unpaired) electrons. The Labute approximate surface area is 132 Å².